The molecule has 2 rings (SSSR count). The van der Waals surface area contributed by atoms with E-state index < -0.39 is 10.0 Å². The van der Waals surface area contributed by atoms with Gasteiger partial charge in [0.1, 0.15) is 28.7 Å². The molecule has 2 aromatic carbocycles. The standard InChI is InChI=1S/C18H21NO6S/c1-22-14-7-5-13(6-8-14)9-10-26(20,21)19-18-16(24-3)11-15(23-2)12-17(18)25-4/h5-12,19H,1-4H3. The molecule has 0 atom stereocenters. The van der Waals surface area contributed by atoms with Crippen molar-refractivity contribution in [2.75, 3.05) is 33.2 Å². The Morgan fingerprint density at radius 2 is 1.35 bits per heavy atom. The minimum atomic E-state index is -3.80. The summed E-state index contributed by atoms with van der Waals surface area (Å²) in [7, 11) is 2.12. The van der Waals surface area contributed by atoms with Gasteiger partial charge in [-0.3, -0.25) is 4.72 Å². The van der Waals surface area contributed by atoms with E-state index in [2.05, 4.69) is 4.72 Å². The predicted molar refractivity (Wildman–Crippen MR) is 101 cm³/mol. The van der Waals surface area contributed by atoms with Gasteiger partial charge in [0.25, 0.3) is 10.0 Å². The molecule has 0 saturated heterocycles. The highest BCUT2D eigenvalue weighted by Gasteiger charge is 2.17. The van der Waals surface area contributed by atoms with Gasteiger partial charge in [-0.1, -0.05) is 12.1 Å². The maximum atomic E-state index is 12.4. The van der Waals surface area contributed by atoms with Crippen LogP contribution in [0, 0.1) is 0 Å². The second kappa shape index (κ2) is 8.48. The zero-order valence-electron chi connectivity index (χ0n) is 15.0. The monoisotopic (exact) mass is 379 g/mol. The van der Waals surface area contributed by atoms with Crippen LogP contribution < -0.4 is 23.7 Å². The van der Waals surface area contributed by atoms with Crippen LogP contribution in [-0.4, -0.2) is 36.9 Å². The van der Waals surface area contributed by atoms with Crippen LogP contribution >= 0.6 is 0 Å². The number of hydrogen-bond donors (Lipinski definition) is 1. The number of methoxy groups -OCH3 is 4. The first kappa shape index (κ1) is 19.5. The van der Waals surface area contributed by atoms with E-state index in [0.717, 1.165) is 5.41 Å². The molecule has 0 aliphatic rings. The molecular formula is C18H21NO6S. The predicted octanol–water partition coefficient (Wildman–Crippen LogP) is 3.13. The molecule has 0 fully saturated rings. The van der Waals surface area contributed by atoms with Gasteiger partial charge < -0.3 is 18.9 Å². The highest BCUT2D eigenvalue weighted by atomic mass is 32.2. The van der Waals surface area contributed by atoms with Crippen molar-refractivity contribution in [2.24, 2.45) is 0 Å². The van der Waals surface area contributed by atoms with Gasteiger partial charge in [-0.25, -0.2) is 8.42 Å². The number of hydrogen-bond acceptors (Lipinski definition) is 6. The summed E-state index contributed by atoms with van der Waals surface area (Å²) in [4.78, 5) is 0. The van der Waals surface area contributed by atoms with E-state index in [0.29, 0.717) is 17.1 Å². The summed E-state index contributed by atoms with van der Waals surface area (Å²) >= 11 is 0. The van der Waals surface area contributed by atoms with E-state index in [-0.39, 0.29) is 17.2 Å². The molecule has 0 heterocycles. The Balaban J connectivity index is 2.29. The van der Waals surface area contributed by atoms with Crippen LogP contribution in [0.1, 0.15) is 5.56 Å². The molecule has 140 valence electrons. The quantitative estimate of drug-likeness (QED) is 0.759. The Kier molecular flexibility index (Phi) is 6.35. The lowest BCUT2D eigenvalue weighted by Gasteiger charge is -2.15. The molecule has 1 N–H and O–H groups in total. The topological polar surface area (TPSA) is 83.1 Å². The average molecular weight is 379 g/mol. The lowest BCUT2D eigenvalue weighted by atomic mass is 10.2. The zero-order chi connectivity index (χ0) is 19.2. The Bertz CT molecular complexity index is 850. The molecule has 0 aliphatic heterocycles. The fourth-order valence-electron chi connectivity index (χ4n) is 2.17. The van der Waals surface area contributed by atoms with Gasteiger partial charge in [0.2, 0.25) is 0 Å². The van der Waals surface area contributed by atoms with Crippen LogP contribution in [0.4, 0.5) is 5.69 Å². The Hall–Kier alpha value is -2.87. The summed E-state index contributed by atoms with van der Waals surface area (Å²) in [6.07, 6.45) is 1.48. The van der Waals surface area contributed by atoms with Gasteiger partial charge >= 0.3 is 0 Å². The molecule has 8 heteroatoms. The smallest absolute Gasteiger partial charge is 0.255 e. The number of ether oxygens (including phenoxy) is 4. The van der Waals surface area contributed by atoms with Gasteiger partial charge in [0.05, 0.1) is 33.8 Å². The van der Waals surface area contributed by atoms with Crippen molar-refractivity contribution in [3.05, 3.63) is 47.4 Å². The normalized spacial score (nSPS) is 11.2. The number of sulfonamides is 1. The van der Waals surface area contributed by atoms with Crippen LogP contribution in [0.3, 0.4) is 0 Å². The van der Waals surface area contributed by atoms with Crippen molar-refractivity contribution < 1.29 is 27.4 Å². The molecule has 0 amide bonds. The maximum absolute atomic E-state index is 12.4. The summed E-state index contributed by atoms with van der Waals surface area (Å²) in [5.41, 5.74) is 0.903. The minimum Gasteiger partial charge on any atom is -0.497 e. The molecule has 0 aromatic heterocycles. The van der Waals surface area contributed by atoms with Crippen LogP contribution in [0.15, 0.2) is 41.8 Å². The molecular weight excluding hydrogens is 358 g/mol. The van der Waals surface area contributed by atoms with Crippen molar-refractivity contribution in [1.29, 1.82) is 0 Å². The molecule has 2 aromatic rings. The van der Waals surface area contributed by atoms with Crippen molar-refractivity contribution in [3.8, 4) is 23.0 Å². The summed E-state index contributed by atoms with van der Waals surface area (Å²) in [6.45, 7) is 0. The molecule has 0 radical (unpaired) electrons. The first-order valence-corrected chi connectivity index (χ1v) is 9.12. The minimum absolute atomic E-state index is 0.190. The summed E-state index contributed by atoms with van der Waals surface area (Å²) in [5, 5.41) is 1.07. The first-order valence-electron chi connectivity index (χ1n) is 7.57. The number of anilines is 1. The summed E-state index contributed by atoms with van der Waals surface area (Å²) in [6, 6.07) is 10.1. The Morgan fingerprint density at radius 3 is 1.81 bits per heavy atom. The summed E-state index contributed by atoms with van der Waals surface area (Å²) in [5.74, 6) is 1.73. The van der Waals surface area contributed by atoms with Gasteiger partial charge in [-0.05, 0) is 23.8 Å². The number of benzene rings is 2. The third kappa shape index (κ3) is 4.82. The van der Waals surface area contributed by atoms with E-state index in [1.807, 2.05) is 0 Å². The molecule has 0 unspecified atom stereocenters. The Labute approximate surface area is 153 Å². The lowest BCUT2D eigenvalue weighted by molar-refractivity contribution is 0.378. The lowest BCUT2D eigenvalue weighted by Crippen LogP contribution is -2.11. The fourth-order valence-corrected chi connectivity index (χ4v) is 3.06. The van der Waals surface area contributed by atoms with Gasteiger partial charge in [0.15, 0.2) is 0 Å². The molecule has 0 spiro atoms. The summed E-state index contributed by atoms with van der Waals surface area (Å²) < 4.78 is 48.0. The largest absolute Gasteiger partial charge is 0.497 e. The first-order chi connectivity index (χ1) is 12.4. The van der Waals surface area contributed by atoms with Crippen molar-refractivity contribution in [3.63, 3.8) is 0 Å². The molecule has 7 nitrogen and oxygen atoms in total. The molecule has 0 aliphatic carbocycles. The second-order valence-electron chi connectivity index (χ2n) is 5.13. The van der Waals surface area contributed by atoms with E-state index in [1.54, 1.807) is 43.5 Å². The van der Waals surface area contributed by atoms with Crippen molar-refractivity contribution in [1.82, 2.24) is 0 Å². The van der Waals surface area contributed by atoms with Crippen LogP contribution in [0.25, 0.3) is 6.08 Å². The van der Waals surface area contributed by atoms with E-state index in [9.17, 15) is 8.42 Å². The van der Waals surface area contributed by atoms with Crippen LogP contribution in [0.5, 0.6) is 23.0 Å². The van der Waals surface area contributed by atoms with Crippen LogP contribution in [0.2, 0.25) is 0 Å². The fraction of sp³-hybridized carbons (Fsp3) is 0.222. The van der Waals surface area contributed by atoms with E-state index in [1.165, 1.54) is 27.4 Å². The van der Waals surface area contributed by atoms with E-state index >= 15 is 0 Å². The molecule has 26 heavy (non-hydrogen) atoms. The van der Waals surface area contributed by atoms with Gasteiger partial charge in [-0.15, -0.1) is 0 Å². The number of nitrogens with one attached hydrogen (secondary N) is 1. The maximum Gasteiger partial charge on any atom is 0.255 e. The van der Waals surface area contributed by atoms with Crippen molar-refractivity contribution >= 4 is 21.8 Å². The third-order valence-electron chi connectivity index (χ3n) is 3.51. The second-order valence-corrected chi connectivity index (χ2v) is 6.70. The molecule has 0 saturated carbocycles. The zero-order valence-corrected chi connectivity index (χ0v) is 15.8. The van der Waals surface area contributed by atoms with Gasteiger partial charge in [-0.2, -0.15) is 0 Å². The number of rotatable bonds is 8. The van der Waals surface area contributed by atoms with Crippen molar-refractivity contribution in [2.45, 2.75) is 0 Å². The van der Waals surface area contributed by atoms with Gasteiger partial charge in [0, 0.05) is 12.1 Å². The molecule has 0 bridgehead atoms. The van der Waals surface area contributed by atoms with E-state index in [4.69, 9.17) is 18.9 Å². The van der Waals surface area contributed by atoms with Crippen LogP contribution in [-0.2, 0) is 10.0 Å². The highest BCUT2D eigenvalue weighted by molar-refractivity contribution is 7.95. The highest BCUT2D eigenvalue weighted by Crippen LogP contribution is 2.39. The Morgan fingerprint density at radius 1 is 0.808 bits per heavy atom. The average Bonchev–Trinajstić information content (AvgIpc) is 2.66. The SMILES string of the molecule is COc1ccc(C=CS(=O)(=O)Nc2c(OC)cc(OC)cc2OC)cc1. The third-order valence-corrected chi connectivity index (χ3v) is 4.50.